The topological polar surface area (TPSA) is 312 Å². The second-order valence-corrected chi connectivity index (χ2v) is 30.4. The van der Waals surface area contributed by atoms with Gasteiger partial charge in [0.1, 0.15) is 60.4 Å². The van der Waals surface area contributed by atoms with Gasteiger partial charge in [-0.1, -0.05) is 83.1 Å². The molecule has 2 saturated heterocycles. The molecule has 2 fully saturated rings. The van der Waals surface area contributed by atoms with Crippen LogP contribution in [-0.2, 0) is 57.5 Å². The number of aliphatic hydroxyl groups is 2. The molecule has 27 heteroatoms. The number of nitrogens with one attached hydrogen (secondary N) is 4. The molecule has 2 aliphatic rings. The van der Waals surface area contributed by atoms with Crippen molar-refractivity contribution >= 4 is 76.7 Å². The Morgan fingerprint density at radius 2 is 1.05 bits per heavy atom. The molecule has 1 unspecified atom stereocenters. The van der Waals surface area contributed by atoms with Gasteiger partial charge >= 0.3 is 0 Å². The SMILES string of the molecule is CC[C@@H]1NC(=O)[C@H]([C@@H]2OC(CCO)C[C@H]2C)N(C)C(=O)[C@H](C(C)C)N(C)C(=O)[C@H](CC(C)C)N(C)C(=O)[C@H](CC(C)C)N(C)C(=O)[C@@H](C)NC(=O)[C@H](C)NC(=O)[C@H](CCC(C)C)N(C)C(=O)[C@H](C(C)C)NC(=O)[C@H](CC(C)(C)O)N(C)C(=O)[C@@H](SCCN(C)C)N(C)C1=O. The molecule has 6 N–H and O–H groups in total. The van der Waals surface area contributed by atoms with Gasteiger partial charge in [-0.25, -0.2) is 0 Å². The molecule has 11 amide bonds. The fourth-order valence-electron chi connectivity index (χ4n) is 12.2. The Morgan fingerprint density at radius 1 is 0.553 bits per heavy atom. The molecular formula is C67H122N12O14S. The molecule has 2 rings (SSSR count). The second-order valence-electron chi connectivity index (χ2n) is 29.2. The molecule has 2 heterocycles. The van der Waals surface area contributed by atoms with Crippen LogP contribution < -0.4 is 21.3 Å². The van der Waals surface area contributed by atoms with Gasteiger partial charge < -0.3 is 75.4 Å². The Labute approximate surface area is 566 Å². The lowest BCUT2D eigenvalue weighted by molar-refractivity contribution is -0.158. The van der Waals surface area contributed by atoms with Crippen molar-refractivity contribution in [3.63, 3.8) is 0 Å². The van der Waals surface area contributed by atoms with Crippen LogP contribution in [0.15, 0.2) is 0 Å². The van der Waals surface area contributed by atoms with E-state index in [0.29, 0.717) is 25.1 Å². The zero-order chi connectivity index (χ0) is 72.5. The van der Waals surface area contributed by atoms with Crippen LogP contribution >= 0.6 is 11.8 Å². The predicted octanol–water partition coefficient (Wildman–Crippen LogP) is 2.61. The van der Waals surface area contributed by atoms with Crippen molar-refractivity contribution in [1.82, 2.24) is 60.5 Å². The molecule has 14 atom stereocenters. The van der Waals surface area contributed by atoms with E-state index < -0.39 is 160 Å². The van der Waals surface area contributed by atoms with E-state index in [2.05, 4.69) is 21.3 Å². The van der Waals surface area contributed by atoms with E-state index in [4.69, 9.17) is 4.74 Å². The maximum absolute atomic E-state index is 15.5. The number of amides is 11. The second kappa shape index (κ2) is 37.8. The Balaban J connectivity index is 3.13. The molecule has 0 aromatic rings. The summed E-state index contributed by atoms with van der Waals surface area (Å²) in [6.45, 7) is 27.9. The Hall–Kier alpha value is -5.64. The van der Waals surface area contributed by atoms with Gasteiger partial charge in [-0.05, 0) is 122 Å². The van der Waals surface area contributed by atoms with E-state index in [1.165, 1.54) is 106 Å². The summed E-state index contributed by atoms with van der Waals surface area (Å²) >= 11 is 1.11. The lowest BCUT2D eigenvalue weighted by atomic mass is 9.92. The number of aliphatic hydroxyl groups excluding tert-OH is 1. The number of rotatable bonds is 19. The zero-order valence-electron chi connectivity index (χ0n) is 61.5. The van der Waals surface area contributed by atoms with Crippen LogP contribution in [0.4, 0.5) is 0 Å². The fraction of sp³-hybridized carbons (Fsp3) is 0.836. The maximum Gasteiger partial charge on any atom is 0.256 e. The van der Waals surface area contributed by atoms with Crippen molar-refractivity contribution in [2.24, 2.45) is 35.5 Å². The van der Waals surface area contributed by atoms with E-state index in [0.717, 1.165) is 16.7 Å². The number of hydrogen-bond acceptors (Lipinski definition) is 16. The molecule has 540 valence electrons. The molecule has 2 aliphatic heterocycles. The first-order chi connectivity index (χ1) is 43.4. The lowest BCUT2D eigenvalue weighted by Gasteiger charge is -2.41. The van der Waals surface area contributed by atoms with Crippen LogP contribution in [0.1, 0.15) is 162 Å². The van der Waals surface area contributed by atoms with Gasteiger partial charge in [0.05, 0.1) is 17.8 Å². The van der Waals surface area contributed by atoms with Gasteiger partial charge in [0.15, 0.2) is 5.37 Å². The minimum Gasteiger partial charge on any atom is -0.396 e. The summed E-state index contributed by atoms with van der Waals surface area (Å²) in [5.41, 5.74) is -1.58. The van der Waals surface area contributed by atoms with Crippen LogP contribution in [0.2, 0.25) is 0 Å². The highest BCUT2D eigenvalue weighted by molar-refractivity contribution is 8.00. The molecule has 0 saturated carbocycles. The van der Waals surface area contributed by atoms with Gasteiger partial charge in [0.2, 0.25) is 59.1 Å². The number of nitrogens with zero attached hydrogens (tertiary/aromatic N) is 8. The van der Waals surface area contributed by atoms with Crippen molar-refractivity contribution in [3.05, 3.63) is 0 Å². The largest absolute Gasteiger partial charge is 0.396 e. The van der Waals surface area contributed by atoms with E-state index in [-0.39, 0.29) is 68.8 Å². The minimum absolute atomic E-state index is 0.000212. The average Bonchev–Trinajstić information content (AvgIpc) is 1.33. The summed E-state index contributed by atoms with van der Waals surface area (Å²) in [6, 6.07) is -12.7. The predicted molar refractivity (Wildman–Crippen MR) is 364 cm³/mol. The third-order valence-corrected chi connectivity index (χ3v) is 19.2. The number of carbonyl (C=O) groups excluding carboxylic acids is 11. The monoisotopic (exact) mass is 1350 g/mol. The molecular weight excluding hydrogens is 1230 g/mol. The van der Waals surface area contributed by atoms with Gasteiger partial charge in [-0.2, -0.15) is 0 Å². The highest BCUT2D eigenvalue weighted by Crippen LogP contribution is 2.34. The Morgan fingerprint density at radius 3 is 1.53 bits per heavy atom. The summed E-state index contributed by atoms with van der Waals surface area (Å²) in [5, 5.41) is 31.2. The average molecular weight is 1350 g/mol. The molecule has 0 aromatic carbocycles. The molecule has 0 aliphatic carbocycles. The fourth-order valence-corrected chi connectivity index (χ4v) is 13.5. The minimum atomic E-state index is -1.58. The number of hydrogen-bond donors (Lipinski definition) is 6. The van der Waals surface area contributed by atoms with Crippen LogP contribution in [0.3, 0.4) is 0 Å². The highest BCUT2D eigenvalue weighted by Gasteiger charge is 2.49. The van der Waals surface area contributed by atoms with E-state index >= 15 is 28.8 Å². The van der Waals surface area contributed by atoms with E-state index in [1.807, 2.05) is 67.5 Å². The molecule has 94 heavy (non-hydrogen) atoms. The smallest absolute Gasteiger partial charge is 0.256 e. The van der Waals surface area contributed by atoms with Crippen LogP contribution in [0.25, 0.3) is 0 Å². The zero-order valence-corrected chi connectivity index (χ0v) is 62.3. The molecule has 0 aromatic heterocycles. The highest BCUT2D eigenvalue weighted by atomic mass is 32.2. The van der Waals surface area contributed by atoms with Gasteiger partial charge in [-0.3, -0.25) is 52.7 Å². The number of carbonyl (C=O) groups is 11. The molecule has 0 bridgehead atoms. The Kier molecular flexibility index (Phi) is 33.9. The van der Waals surface area contributed by atoms with Crippen LogP contribution in [0, 0.1) is 35.5 Å². The Bertz CT molecular complexity index is 2570. The first-order valence-electron chi connectivity index (χ1n) is 33.7. The maximum atomic E-state index is 15.5. The summed E-state index contributed by atoms with van der Waals surface area (Å²) in [5.74, 6) is -9.14. The van der Waals surface area contributed by atoms with E-state index in [1.54, 1.807) is 34.6 Å². The third-order valence-electron chi connectivity index (χ3n) is 18.0. The summed E-state index contributed by atoms with van der Waals surface area (Å²) < 4.78 is 6.51. The quantitative estimate of drug-likeness (QED) is 0.108. The standard InChI is InChI=1S/C67H122N12O14S/c1-26-46-60(86)79(25)66(94-32-30-72(17)18)65(91)76(22)50(36-67(15,16)92)57(83)71-51(40(8)9)63(89)73(19)47(28-27-37(2)3)56(82)68-43(13)55(81)69-44(14)59(85)74(20)48(33-38(4)5)61(87)75(21)49(34-39(6)7)62(88)77(23)52(41(10)11)64(90)78(24)53(58(84)70-46)54-42(12)35-45(93-54)29-31-80/h37-54,66,80,92H,26-36H2,1-25H3,(H,68,82)(H,69,81)(H,70,84)(H,71,83)/t42-,43+,44-,45?,46+,47+,48+,49+,50+,51+,52+,53+,54-,66-/m1/s1. The van der Waals surface area contributed by atoms with Gasteiger partial charge in [0.25, 0.3) is 5.91 Å². The van der Waals surface area contributed by atoms with Crippen LogP contribution in [0.5, 0.6) is 0 Å². The van der Waals surface area contributed by atoms with Crippen LogP contribution in [-0.4, -0.2) is 280 Å². The number of likely N-dealkylation sites (N-methyl/N-ethyl adjacent to an activating group) is 7. The van der Waals surface area contributed by atoms with Crippen molar-refractivity contribution < 1.29 is 67.7 Å². The first kappa shape index (κ1) is 84.4. The normalized spacial score (nSPS) is 28.9. The molecule has 26 nitrogen and oxygen atoms in total. The van der Waals surface area contributed by atoms with Gasteiger partial charge in [0, 0.05) is 74.7 Å². The summed E-state index contributed by atoms with van der Waals surface area (Å²) in [4.78, 5) is 175. The number of thioether (sulfide) groups is 1. The van der Waals surface area contributed by atoms with Crippen molar-refractivity contribution in [3.8, 4) is 0 Å². The van der Waals surface area contributed by atoms with Crippen molar-refractivity contribution in [2.45, 2.75) is 246 Å². The molecule has 0 spiro atoms. The van der Waals surface area contributed by atoms with Gasteiger partial charge in [-0.15, -0.1) is 11.8 Å². The first-order valence-corrected chi connectivity index (χ1v) is 34.8. The number of ether oxygens (including phenoxy) is 1. The third kappa shape index (κ3) is 23.6. The van der Waals surface area contributed by atoms with E-state index in [9.17, 15) is 34.2 Å². The molecule has 0 radical (unpaired) electrons. The lowest BCUT2D eigenvalue weighted by Crippen LogP contribution is -2.63. The summed E-state index contributed by atoms with van der Waals surface area (Å²) in [7, 11) is 13.7. The summed E-state index contributed by atoms with van der Waals surface area (Å²) in [6.07, 6.45) is -0.255. The van der Waals surface area contributed by atoms with Crippen molar-refractivity contribution in [1.29, 1.82) is 0 Å². The van der Waals surface area contributed by atoms with Crippen molar-refractivity contribution in [2.75, 3.05) is 82.3 Å².